The van der Waals surface area contributed by atoms with E-state index in [-0.39, 0.29) is 0 Å². The number of aryl methyl sites for hydroxylation is 1. The number of nitrogens with one attached hydrogen (secondary N) is 1. The van der Waals surface area contributed by atoms with Gasteiger partial charge in [-0.3, -0.25) is 0 Å². The average molecular weight is 250 g/mol. The van der Waals surface area contributed by atoms with Crippen LogP contribution in [-0.2, 0) is 0 Å². The van der Waals surface area contributed by atoms with E-state index in [1.807, 2.05) is 13.0 Å². The van der Waals surface area contributed by atoms with Gasteiger partial charge >= 0.3 is 0 Å². The molecule has 0 aliphatic heterocycles. The van der Waals surface area contributed by atoms with Gasteiger partial charge in [0.25, 0.3) is 5.22 Å². The van der Waals surface area contributed by atoms with Crippen molar-refractivity contribution in [2.75, 3.05) is 11.9 Å². The van der Waals surface area contributed by atoms with Crippen molar-refractivity contribution >= 4 is 17.6 Å². The van der Waals surface area contributed by atoms with Crippen LogP contribution in [0.25, 0.3) is 0 Å². The van der Waals surface area contributed by atoms with E-state index in [1.165, 1.54) is 11.8 Å². The first-order valence-corrected chi connectivity index (χ1v) is 6.26. The Morgan fingerprint density at radius 3 is 3.00 bits per heavy atom. The number of aromatic nitrogens is 3. The van der Waals surface area contributed by atoms with Gasteiger partial charge in [0.2, 0.25) is 0 Å². The molecule has 0 aliphatic rings. The minimum absolute atomic E-state index is 0.588. The average Bonchev–Trinajstić information content (AvgIpc) is 2.78. The lowest BCUT2D eigenvalue weighted by Gasteiger charge is -2.06. The summed E-state index contributed by atoms with van der Waals surface area (Å²) in [4.78, 5) is 12.7. The van der Waals surface area contributed by atoms with Gasteiger partial charge in [-0.2, -0.15) is 0 Å². The minimum atomic E-state index is 0.588. The fourth-order valence-electron chi connectivity index (χ4n) is 1.29. The van der Waals surface area contributed by atoms with E-state index in [0.29, 0.717) is 5.22 Å². The van der Waals surface area contributed by atoms with Crippen molar-refractivity contribution in [3.8, 4) is 0 Å². The van der Waals surface area contributed by atoms with E-state index >= 15 is 0 Å². The molecular formula is C11H14N4OS. The largest absolute Gasteiger partial charge is 0.440 e. The fourth-order valence-corrected chi connectivity index (χ4v) is 2.03. The van der Waals surface area contributed by atoms with Gasteiger partial charge < -0.3 is 9.73 Å². The first-order chi connectivity index (χ1) is 8.28. The molecule has 0 spiro atoms. The maximum Gasteiger partial charge on any atom is 0.261 e. The quantitative estimate of drug-likeness (QED) is 0.823. The molecule has 0 saturated heterocycles. The van der Waals surface area contributed by atoms with Crippen LogP contribution in [0.5, 0.6) is 0 Å². The summed E-state index contributed by atoms with van der Waals surface area (Å²) in [5.41, 5.74) is 0. The van der Waals surface area contributed by atoms with E-state index < -0.39 is 0 Å². The monoisotopic (exact) mass is 250 g/mol. The minimum Gasteiger partial charge on any atom is -0.440 e. The summed E-state index contributed by atoms with van der Waals surface area (Å²) in [7, 11) is 0. The van der Waals surface area contributed by atoms with Crippen molar-refractivity contribution in [1.29, 1.82) is 0 Å². The lowest BCUT2D eigenvalue weighted by Crippen LogP contribution is -2.04. The molecule has 0 bridgehead atoms. The topological polar surface area (TPSA) is 63.8 Å². The maximum absolute atomic E-state index is 5.17. The van der Waals surface area contributed by atoms with Gasteiger partial charge in [0.1, 0.15) is 22.9 Å². The van der Waals surface area contributed by atoms with Gasteiger partial charge in [-0.05, 0) is 25.1 Å². The lowest BCUT2D eigenvalue weighted by atomic mass is 10.4. The molecule has 5 nitrogen and oxygen atoms in total. The number of oxazole rings is 1. The van der Waals surface area contributed by atoms with Gasteiger partial charge in [-0.1, -0.05) is 6.92 Å². The second-order valence-electron chi connectivity index (χ2n) is 3.47. The Labute approximate surface area is 104 Å². The Hall–Kier alpha value is -1.56. The third-order valence-corrected chi connectivity index (χ3v) is 2.77. The molecule has 2 aromatic heterocycles. The molecule has 90 valence electrons. The van der Waals surface area contributed by atoms with E-state index in [9.17, 15) is 0 Å². The number of hydrogen-bond donors (Lipinski definition) is 1. The Balaban J connectivity index is 2.13. The van der Waals surface area contributed by atoms with Gasteiger partial charge in [0.15, 0.2) is 0 Å². The predicted molar refractivity (Wildman–Crippen MR) is 66.2 cm³/mol. The molecule has 0 saturated carbocycles. The number of nitrogens with zero attached hydrogens (tertiary/aromatic N) is 3. The lowest BCUT2D eigenvalue weighted by molar-refractivity contribution is 0.454. The molecule has 1 N–H and O–H groups in total. The zero-order chi connectivity index (χ0) is 12.1. The van der Waals surface area contributed by atoms with Gasteiger partial charge in [0.05, 0.1) is 6.20 Å². The fraction of sp³-hybridized carbons (Fsp3) is 0.364. The molecule has 2 aromatic rings. The Morgan fingerprint density at radius 1 is 1.41 bits per heavy atom. The van der Waals surface area contributed by atoms with Crippen LogP contribution in [-0.4, -0.2) is 21.5 Å². The highest BCUT2D eigenvalue weighted by Crippen LogP contribution is 2.25. The van der Waals surface area contributed by atoms with Crippen LogP contribution >= 0.6 is 11.8 Å². The summed E-state index contributed by atoms with van der Waals surface area (Å²) in [5, 5.41) is 4.66. The summed E-state index contributed by atoms with van der Waals surface area (Å²) in [5.74, 6) is 1.58. The summed E-state index contributed by atoms with van der Waals surface area (Å²) in [6.45, 7) is 4.89. The van der Waals surface area contributed by atoms with Gasteiger partial charge in [-0.15, -0.1) is 0 Å². The van der Waals surface area contributed by atoms with Crippen LogP contribution in [0.4, 0.5) is 5.82 Å². The SMILES string of the molecule is CCCNc1cc(Sc2ncco2)nc(C)n1. The second kappa shape index (κ2) is 5.67. The molecule has 6 heteroatoms. The van der Waals surface area contributed by atoms with E-state index in [4.69, 9.17) is 4.42 Å². The normalized spacial score (nSPS) is 10.5. The zero-order valence-electron chi connectivity index (χ0n) is 9.80. The second-order valence-corrected chi connectivity index (χ2v) is 4.44. The van der Waals surface area contributed by atoms with Crippen LogP contribution in [0.2, 0.25) is 0 Å². The molecule has 2 heterocycles. The van der Waals surface area contributed by atoms with E-state index in [2.05, 4.69) is 27.2 Å². The van der Waals surface area contributed by atoms with E-state index in [0.717, 1.165) is 29.6 Å². The van der Waals surface area contributed by atoms with Crippen LogP contribution in [0, 0.1) is 6.92 Å². The van der Waals surface area contributed by atoms with Crippen LogP contribution in [0.3, 0.4) is 0 Å². The number of anilines is 1. The number of hydrogen-bond acceptors (Lipinski definition) is 6. The van der Waals surface area contributed by atoms with Crippen molar-refractivity contribution in [1.82, 2.24) is 15.0 Å². The molecule has 0 aromatic carbocycles. The first kappa shape index (κ1) is 11.9. The Morgan fingerprint density at radius 2 is 2.29 bits per heavy atom. The first-order valence-electron chi connectivity index (χ1n) is 5.45. The molecule has 0 unspecified atom stereocenters. The van der Waals surface area contributed by atoms with Gasteiger partial charge in [-0.25, -0.2) is 15.0 Å². The molecule has 0 amide bonds. The summed E-state index contributed by atoms with van der Waals surface area (Å²) in [6.07, 6.45) is 4.23. The molecule has 0 radical (unpaired) electrons. The van der Waals surface area contributed by atoms with Crippen molar-refractivity contribution in [3.05, 3.63) is 24.4 Å². The highest BCUT2D eigenvalue weighted by molar-refractivity contribution is 7.99. The molecule has 0 atom stereocenters. The molecule has 0 fully saturated rings. The summed E-state index contributed by atoms with van der Waals surface area (Å²) in [6, 6.07) is 1.90. The van der Waals surface area contributed by atoms with E-state index in [1.54, 1.807) is 12.5 Å². The van der Waals surface area contributed by atoms with Crippen molar-refractivity contribution in [2.24, 2.45) is 0 Å². The highest BCUT2D eigenvalue weighted by Gasteiger charge is 2.06. The summed E-state index contributed by atoms with van der Waals surface area (Å²) < 4.78 is 5.17. The molecule has 2 rings (SSSR count). The van der Waals surface area contributed by atoms with Crippen molar-refractivity contribution in [2.45, 2.75) is 30.5 Å². The van der Waals surface area contributed by atoms with Crippen LogP contribution in [0.1, 0.15) is 19.2 Å². The predicted octanol–water partition coefficient (Wildman–Crippen LogP) is 2.75. The molecular weight excluding hydrogens is 236 g/mol. The van der Waals surface area contributed by atoms with Gasteiger partial charge in [0, 0.05) is 12.6 Å². The third kappa shape index (κ3) is 3.45. The highest BCUT2D eigenvalue weighted by atomic mass is 32.2. The zero-order valence-corrected chi connectivity index (χ0v) is 10.6. The Bertz CT molecular complexity index is 472. The Kier molecular flexibility index (Phi) is 3.98. The van der Waals surface area contributed by atoms with Crippen molar-refractivity contribution < 1.29 is 4.42 Å². The van der Waals surface area contributed by atoms with Crippen molar-refractivity contribution in [3.63, 3.8) is 0 Å². The summed E-state index contributed by atoms with van der Waals surface area (Å²) >= 11 is 1.39. The standard InChI is InChI=1S/C11H14N4OS/c1-3-4-12-9-7-10(15-8(2)14-9)17-11-13-5-6-16-11/h5-7H,3-4H2,1-2H3,(H,12,14,15). The molecule has 17 heavy (non-hydrogen) atoms. The number of rotatable bonds is 5. The van der Waals surface area contributed by atoms with Crippen LogP contribution < -0.4 is 5.32 Å². The maximum atomic E-state index is 5.17. The smallest absolute Gasteiger partial charge is 0.261 e. The third-order valence-electron chi connectivity index (χ3n) is 1.97. The molecule has 0 aliphatic carbocycles. The van der Waals surface area contributed by atoms with Crippen LogP contribution in [0.15, 0.2) is 33.2 Å².